The third-order valence-electron chi connectivity index (χ3n) is 1.72. The molecule has 0 radical (unpaired) electrons. The molecule has 0 aliphatic rings. The summed E-state index contributed by atoms with van der Waals surface area (Å²) in [5, 5.41) is 0.476. The lowest BCUT2D eigenvalue weighted by atomic mass is 10.1. The lowest BCUT2D eigenvalue weighted by molar-refractivity contribution is 1.52. The van der Waals surface area contributed by atoms with E-state index in [1.807, 2.05) is 0 Å². The van der Waals surface area contributed by atoms with E-state index in [0.29, 0.717) is 27.6 Å². The van der Waals surface area contributed by atoms with Crippen LogP contribution in [0, 0.1) is 0 Å². The zero-order valence-electron chi connectivity index (χ0n) is 7.05. The molecule has 3 nitrogen and oxygen atoms in total. The summed E-state index contributed by atoms with van der Waals surface area (Å²) in [6.07, 6.45) is 1.57. The highest BCUT2D eigenvalue weighted by Gasteiger charge is 2.09. The van der Waals surface area contributed by atoms with Crippen molar-refractivity contribution in [3.05, 3.63) is 23.2 Å². The highest BCUT2D eigenvalue weighted by atomic mass is 35.5. The lowest BCUT2D eigenvalue weighted by Gasteiger charge is -2.09. The van der Waals surface area contributed by atoms with Crippen LogP contribution in [0.25, 0.3) is 6.08 Å². The summed E-state index contributed by atoms with van der Waals surface area (Å²) in [5.74, 6) is 0. The molecule has 1 aromatic carbocycles. The van der Waals surface area contributed by atoms with Crippen LogP contribution in [0.5, 0.6) is 0 Å². The van der Waals surface area contributed by atoms with Crippen molar-refractivity contribution in [2.75, 3.05) is 11.5 Å². The Morgan fingerprint density at radius 3 is 2.54 bits per heavy atom. The molecule has 0 unspecified atom stereocenters. The second-order valence-electron chi connectivity index (χ2n) is 2.49. The van der Waals surface area contributed by atoms with E-state index in [-0.39, 0.29) is 0 Å². The van der Waals surface area contributed by atoms with Crippen LogP contribution in [0.3, 0.4) is 0 Å². The molecule has 0 saturated heterocycles. The molecule has 68 valence electrons. The van der Waals surface area contributed by atoms with Crippen molar-refractivity contribution in [1.82, 2.24) is 0 Å². The maximum absolute atomic E-state index is 5.89. The molecule has 4 heteroatoms. The fraction of sp³-hybridized carbons (Fsp3) is 0. The minimum Gasteiger partial charge on any atom is -0.397 e. The van der Waals surface area contributed by atoms with E-state index in [1.54, 1.807) is 12.1 Å². The van der Waals surface area contributed by atoms with Crippen LogP contribution >= 0.6 is 11.6 Å². The van der Waals surface area contributed by atoms with Crippen LogP contribution < -0.4 is 11.5 Å². The Labute approximate surface area is 81.7 Å². The largest absolute Gasteiger partial charge is 0.397 e. The number of halogens is 1. The fourth-order valence-electron chi connectivity index (χ4n) is 1.05. The SMILES string of the molecule is C=Cc1c(Cl)cc(N)c(N)c1N=C. The summed E-state index contributed by atoms with van der Waals surface area (Å²) < 4.78 is 0. The van der Waals surface area contributed by atoms with Gasteiger partial charge in [0, 0.05) is 5.56 Å². The highest BCUT2D eigenvalue weighted by molar-refractivity contribution is 6.33. The van der Waals surface area contributed by atoms with Crippen molar-refractivity contribution in [3.63, 3.8) is 0 Å². The van der Waals surface area contributed by atoms with Gasteiger partial charge in [-0.25, -0.2) is 0 Å². The highest BCUT2D eigenvalue weighted by Crippen LogP contribution is 2.37. The molecule has 0 aliphatic carbocycles. The molecule has 0 fully saturated rings. The van der Waals surface area contributed by atoms with E-state index in [4.69, 9.17) is 23.1 Å². The van der Waals surface area contributed by atoms with Gasteiger partial charge in [-0.15, -0.1) is 0 Å². The summed E-state index contributed by atoms with van der Waals surface area (Å²) in [6.45, 7) is 6.99. The number of nitrogen functional groups attached to an aromatic ring is 2. The van der Waals surface area contributed by atoms with E-state index >= 15 is 0 Å². The van der Waals surface area contributed by atoms with Crippen molar-refractivity contribution in [3.8, 4) is 0 Å². The van der Waals surface area contributed by atoms with Gasteiger partial charge in [-0.1, -0.05) is 24.3 Å². The smallest absolute Gasteiger partial charge is 0.0959 e. The average Bonchev–Trinajstić information content (AvgIpc) is 2.10. The Balaban J connectivity index is 3.59. The van der Waals surface area contributed by atoms with Crippen molar-refractivity contribution < 1.29 is 0 Å². The lowest BCUT2D eigenvalue weighted by Crippen LogP contribution is -1.96. The quantitative estimate of drug-likeness (QED) is 0.563. The van der Waals surface area contributed by atoms with Crippen LogP contribution in [0.2, 0.25) is 5.02 Å². The van der Waals surface area contributed by atoms with Gasteiger partial charge >= 0.3 is 0 Å². The summed E-state index contributed by atoms with van der Waals surface area (Å²) in [5.41, 5.74) is 13.2. The van der Waals surface area contributed by atoms with Gasteiger partial charge in [0.15, 0.2) is 0 Å². The summed E-state index contributed by atoms with van der Waals surface area (Å²) in [7, 11) is 0. The molecular weight excluding hydrogens is 186 g/mol. The number of hydrogen-bond acceptors (Lipinski definition) is 3. The first-order valence-electron chi connectivity index (χ1n) is 3.58. The van der Waals surface area contributed by atoms with Crippen LogP contribution in [-0.4, -0.2) is 6.72 Å². The van der Waals surface area contributed by atoms with E-state index < -0.39 is 0 Å². The number of anilines is 2. The van der Waals surface area contributed by atoms with Gasteiger partial charge in [0.25, 0.3) is 0 Å². The second-order valence-corrected chi connectivity index (χ2v) is 2.89. The molecule has 0 amide bonds. The molecule has 0 saturated carbocycles. The van der Waals surface area contributed by atoms with E-state index in [1.165, 1.54) is 0 Å². The van der Waals surface area contributed by atoms with Crippen molar-refractivity contribution in [2.45, 2.75) is 0 Å². The first-order valence-corrected chi connectivity index (χ1v) is 3.96. The summed E-state index contributed by atoms with van der Waals surface area (Å²) in [6, 6.07) is 1.57. The Hall–Kier alpha value is -1.48. The molecule has 0 spiro atoms. The van der Waals surface area contributed by atoms with E-state index in [0.717, 1.165) is 0 Å². The Morgan fingerprint density at radius 2 is 2.08 bits per heavy atom. The average molecular weight is 196 g/mol. The number of rotatable bonds is 2. The fourth-order valence-corrected chi connectivity index (χ4v) is 1.34. The van der Waals surface area contributed by atoms with Crippen molar-refractivity contribution >= 4 is 41.5 Å². The third-order valence-corrected chi connectivity index (χ3v) is 2.04. The van der Waals surface area contributed by atoms with Gasteiger partial charge in [0.1, 0.15) is 0 Å². The summed E-state index contributed by atoms with van der Waals surface area (Å²) >= 11 is 5.89. The Bertz CT molecular complexity index is 372. The molecule has 4 N–H and O–H groups in total. The van der Waals surface area contributed by atoms with Gasteiger partial charge in [-0.2, -0.15) is 0 Å². The van der Waals surface area contributed by atoms with E-state index in [9.17, 15) is 0 Å². The number of hydrogen-bond donors (Lipinski definition) is 2. The minimum absolute atomic E-state index is 0.384. The van der Waals surface area contributed by atoms with Crippen molar-refractivity contribution in [1.29, 1.82) is 0 Å². The number of nitrogens with zero attached hydrogens (tertiary/aromatic N) is 1. The van der Waals surface area contributed by atoms with Crippen LogP contribution in [-0.2, 0) is 0 Å². The molecule has 0 heterocycles. The first kappa shape index (κ1) is 9.61. The van der Waals surface area contributed by atoms with Crippen LogP contribution in [0.1, 0.15) is 5.56 Å². The third kappa shape index (κ3) is 1.51. The van der Waals surface area contributed by atoms with E-state index in [2.05, 4.69) is 18.3 Å². The predicted octanol–water partition coefficient (Wildman–Crippen LogP) is 2.48. The zero-order valence-corrected chi connectivity index (χ0v) is 7.80. The molecule has 13 heavy (non-hydrogen) atoms. The van der Waals surface area contributed by atoms with Gasteiger partial charge in [0.2, 0.25) is 0 Å². The predicted molar refractivity (Wildman–Crippen MR) is 59.6 cm³/mol. The van der Waals surface area contributed by atoms with Gasteiger partial charge in [-0.3, -0.25) is 4.99 Å². The number of aliphatic imine (C=N–C) groups is 1. The first-order chi connectivity index (χ1) is 6.11. The Morgan fingerprint density at radius 1 is 1.46 bits per heavy atom. The normalized spacial score (nSPS) is 9.62. The number of benzene rings is 1. The molecule has 0 atom stereocenters. The van der Waals surface area contributed by atoms with Crippen molar-refractivity contribution in [2.24, 2.45) is 4.99 Å². The monoisotopic (exact) mass is 195 g/mol. The summed E-state index contributed by atoms with van der Waals surface area (Å²) in [4.78, 5) is 3.75. The molecule has 1 aromatic rings. The van der Waals surface area contributed by atoms with Gasteiger partial charge < -0.3 is 11.5 Å². The minimum atomic E-state index is 0.384. The maximum Gasteiger partial charge on any atom is 0.0959 e. The zero-order chi connectivity index (χ0) is 10.0. The second kappa shape index (κ2) is 3.49. The Kier molecular flexibility index (Phi) is 2.58. The standard InChI is InChI=1S/C9H10ClN3/c1-3-5-6(10)4-7(11)8(12)9(5)13-2/h3-4H,1-2,11-12H2. The van der Waals surface area contributed by atoms with Crippen LogP contribution in [0.15, 0.2) is 17.6 Å². The molecule has 0 aliphatic heterocycles. The maximum atomic E-state index is 5.89. The van der Waals surface area contributed by atoms with Gasteiger partial charge in [-0.05, 0) is 12.8 Å². The molecule has 1 rings (SSSR count). The topological polar surface area (TPSA) is 64.4 Å². The molecule has 0 aromatic heterocycles. The number of nitrogens with two attached hydrogens (primary N) is 2. The molecular formula is C9H10ClN3. The molecule has 0 bridgehead atoms. The van der Waals surface area contributed by atoms with Crippen LogP contribution in [0.4, 0.5) is 17.1 Å². The van der Waals surface area contributed by atoms with Gasteiger partial charge in [0.05, 0.1) is 22.1 Å².